The summed E-state index contributed by atoms with van der Waals surface area (Å²) in [6.07, 6.45) is 4.97. The number of allylic oxidation sites excluding steroid dienone is 2. The topological polar surface area (TPSA) is 46.5 Å². The number of benzene rings is 1. The first kappa shape index (κ1) is 19.2. The molecule has 0 bridgehead atoms. The zero-order chi connectivity index (χ0) is 19.7. The van der Waals surface area contributed by atoms with Gasteiger partial charge >= 0.3 is 0 Å². The third-order valence-electron chi connectivity index (χ3n) is 4.95. The van der Waals surface area contributed by atoms with E-state index < -0.39 is 0 Å². The van der Waals surface area contributed by atoms with Gasteiger partial charge in [0, 0.05) is 33.4 Å². The predicted molar refractivity (Wildman–Crippen MR) is 111 cm³/mol. The number of aliphatic imine (C=N–C) groups is 1. The zero-order valence-electron chi connectivity index (χ0n) is 15.8. The molecule has 2 aromatic rings. The van der Waals surface area contributed by atoms with Crippen molar-refractivity contribution in [1.82, 2.24) is 10.3 Å². The molecule has 2 aliphatic rings. The Labute approximate surface area is 172 Å². The molecule has 4 rings (SSSR count). The van der Waals surface area contributed by atoms with Crippen molar-refractivity contribution in [3.8, 4) is 0 Å². The molecule has 1 N–H and O–H groups in total. The van der Waals surface area contributed by atoms with Crippen LogP contribution >= 0.6 is 22.9 Å². The molecule has 1 unspecified atom stereocenters. The molecule has 146 valence electrons. The summed E-state index contributed by atoms with van der Waals surface area (Å²) in [6, 6.07) is 4.08. The first-order chi connectivity index (χ1) is 13.6. The molecule has 1 aliphatic heterocycles. The lowest BCUT2D eigenvalue weighted by molar-refractivity contribution is 0.224. The fourth-order valence-corrected chi connectivity index (χ4v) is 4.32. The van der Waals surface area contributed by atoms with Gasteiger partial charge < -0.3 is 10.1 Å². The maximum atomic E-state index is 13.7. The van der Waals surface area contributed by atoms with Crippen molar-refractivity contribution in [3.63, 3.8) is 0 Å². The van der Waals surface area contributed by atoms with Gasteiger partial charge in [-0.3, -0.25) is 4.99 Å². The SMILES string of the molecule is CCOC(=C1CCC1)C1=C(C)NC(c2nccs2)=NC1c1ccc(F)cc1Cl. The molecule has 1 aromatic carbocycles. The van der Waals surface area contributed by atoms with E-state index in [9.17, 15) is 4.39 Å². The minimum Gasteiger partial charge on any atom is -0.493 e. The van der Waals surface area contributed by atoms with Gasteiger partial charge in [-0.2, -0.15) is 0 Å². The van der Waals surface area contributed by atoms with Crippen LogP contribution in [0.2, 0.25) is 5.02 Å². The number of amidine groups is 1. The summed E-state index contributed by atoms with van der Waals surface area (Å²) in [5, 5.41) is 6.46. The molecule has 1 aromatic heterocycles. The second-order valence-electron chi connectivity index (χ2n) is 6.77. The number of nitrogens with one attached hydrogen (secondary N) is 1. The zero-order valence-corrected chi connectivity index (χ0v) is 17.3. The van der Waals surface area contributed by atoms with Crippen LogP contribution in [0.4, 0.5) is 4.39 Å². The minimum absolute atomic E-state index is 0.355. The van der Waals surface area contributed by atoms with Crippen molar-refractivity contribution in [2.75, 3.05) is 6.61 Å². The molecule has 2 heterocycles. The van der Waals surface area contributed by atoms with Crippen LogP contribution in [0.5, 0.6) is 0 Å². The fraction of sp³-hybridized carbons (Fsp3) is 0.333. The van der Waals surface area contributed by atoms with Crippen LogP contribution in [0.1, 0.15) is 49.7 Å². The van der Waals surface area contributed by atoms with Crippen molar-refractivity contribution in [3.05, 3.63) is 73.8 Å². The highest BCUT2D eigenvalue weighted by Gasteiger charge is 2.32. The number of halogens is 2. The van der Waals surface area contributed by atoms with E-state index >= 15 is 0 Å². The number of rotatable bonds is 5. The number of nitrogens with zero attached hydrogens (tertiary/aromatic N) is 2. The highest BCUT2D eigenvalue weighted by atomic mass is 35.5. The Bertz CT molecular complexity index is 976. The van der Waals surface area contributed by atoms with Crippen molar-refractivity contribution >= 4 is 28.8 Å². The quantitative estimate of drug-likeness (QED) is 0.627. The molecule has 28 heavy (non-hydrogen) atoms. The normalized spacial score (nSPS) is 19.1. The van der Waals surface area contributed by atoms with Crippen molar-refractivity contribution < 1.29 is 9.13 Å². The molecule has 0 spiro atoms. The third-order valence-corrected chi connectivity index (χ3v) is 6.05. The molecule has 4 nitrogen and oxygen atoms in total. The maximum Gasteiger partial charge on any atom is 0.163 e. The van der Waals surface area contributed by atoms with Crippen LogP contribution in [0, 0.1) is 5.82 Å². The monoisotopic (exact) mass is 417 g/mol. The minimum atomic E-state index is -0.386. The third kappa shape index (κ3) is 3.59. The van der Waals surface area contributed by atoms with Gasteiger partial charge in [0.25, 0.3) is 0 Å². The van der Waals surface area contributed by atoms with E-state index in [-0.39, 0.29) is 11.9 Å². The molecule has 0 amide bonds. The summed E-state index contributed by atoms with van der Waals surface area (Å²) < 4.78 is 19.8. The lowest BCUT2D eigenvalue weighted by atomic mass is 9.85. The van der Waals surface area contributed by atoms with E-state index in [0.717, 1.165) is 40.4 Å². The molecule has 1 aliphatic carbocycles. The summed E-state index contributed by atoms with van der Waals surface area (Å²) in [4.78, 5) is 9.31. The van der Waals surface area contributed by atoms with Gasteiger partial charge in [0.2, 0.25) is 0 Å². The number of hydrogen-bond acceptors (Lipinski definition) is 5. The Kier molecular flexibility index (Phi) is 5.51. The van der Waals surface area contributed by atoms with E-state index in [1.54, 1.807) is 12.3 Å². The van der Waals surface area contributed by atoms with E-state index in [1.165, 1.54) is 35.5 Å². The lowest BCUT2D eigenvalue weighted by Crippen LogP contribution is -2.31. The molecule has 0 radical (unpaired) electrons. The summed E-state index contributed by atoms with van der Waals surface area (Å²) in [5.74, 6) is 1.22. The van der Waals surface area contributed by atoms with Crippen LogP contribution < -0.4 is 5.32 Å². The largest absolute Gasteiger partial charge is 0.493 e. The Morgan fingerprint density at radius 3 is 2.82 bits per heavy atom. The molecule has 1 atom stereocenters. The summed E-state index contributed by atoms with van der Waals surface area (Å²) in [6.45, 7) is 4.57. The summed E-state index contributed by atoms with van der Waals surface area (Å²) in [7, 11) is 0. The lowest BCUT2D eigenvalue weighted by Gasteiger charge is -2.31. The first-order valence-corrected chi connectivity index (χ1v) is 10.6. The van der Waals surface area contributed by atoms with E-state index in [2.05, 4.69) is 10.3 Å². The highest BCUT2D eigenvalue weighted by molar-refractivity contribution is 7.11. The van der Waals surface area contributed by atoms with Crippen LogP contribution in [0.3, 0.4) is 0 Å². The van der Waals surface area contributed by atoms with E-state index in [0.29, 0.717) is 17.5 Å². The number of ether oxygens (including phenoxy) is 1. The number of thiazole rings is 1. The Morgan fingerprint density at radius 1 is 1.39 bits per heavy atom. The van der Waals surface area contributed by atoms with Crippen molar-refractivity contribution in [2.24, 2.45) is 4.99 Å². The van der Waals surface area contributed by atoms with Gasteiger partial charge in [0.15, 0.2) is 10.8 Å². The molecular weight excluding hydrogens is 397 g/mol. The maximum absolute atomic E-state index is 13.7. The second kappa shape index (κ2) is 8.05. The van der Waals surface area contributed by atoms with Crippen molar-refractivity contribution in [2.45, 2.75) is 39.2 Å². The van der Waals surface area contributed by atoms with Crippen LogP contribution in [0.25, 0.3) is 0 Å². The van der Waals surface area contributed by atoms with Crippen LogP contribution in [-0.2, 0) is 4.74 Å². The van der Waals surface area contributed by atoms with Crippen LogP contribution in [0.15, 0.2) is 57.4 Å². The molecule has 7 heteroatoms. The Balaban J connectivity index is 1.86. The first-order valence-electron chi connectivity index (χ1n) is 9.34. The predicted octanol–water partition coefficient (Wildman–Crippen LogP) is 5.78. The van der Waals surface area contributed by atoms with Gasteiger partial charge in [0.1, 0.15) is 17.6 Å². The number of aromatic nitrogens is 1. The van der Waals surface area contributed by atoms with Gasteiger partial charge in [-0.05, 0) is 50.8 Å². The van der Waals surface area contributed by atoms with Crippen LogP contribution in [-0.4, -0.2) is 17.4 Å². The van der Waals surface area contributed by atoms with Gasteiger partial charge in [0.05, 0.1) is 6.61 Å². The molecule has 1 fully saturated rings. The smallest absolute Gasteiger partial charge is 0.163 e. The highest BCUT2D eigenvalue weighted by Crippen LogP contribution is 2.43. The molecule has 1 saturated carbocycles. The average molecular weight is 418 g/mol. The van der Waals surface area contributed by atoms with E-state index in [4.69, 9.17) is 21.3 Å². The number of hydrogen-bond donors (Lipinski definition) is 1. The van der Waals surface area contributed by atoms with Crippen molar-refractivity contribution in [1.29, 1.82) is 0 Å². The Hall–Kier alpha value is -2.18. The summed E-state index contributed by atoms with van der Waals surface area (Å²) in [5.41, 5.74) is 3.97. The van der Waals surface area contributed by atoms with Gasteiger partial charge in [-0.1, -0.05) is 17.7 Å². The molecular formula is C21H21ClFN3OS. The molecule has 0 saturated heterocycles. The standard InChI is InChI=1S/C21H21ClFN3OS/c1-3-27-19(13-5-4-6-13)17-12(2)25-20(21-24-9-10-28-21)26-18(17)15-8-7-14(23)11-16(15)22/h7-11,18H,3-6H2,1-2H3,(H,25,26). The summed E-state index contributed by atoms with van der Waals surface area (Å²) >= 11 is 7.95. The van der Waals surface area contributed by atoms with Gasteiger partial charge in [-0.25, -0.2) is 9.37 Å². The fourth-order valence-electron chi connectivity index (χ4n) is 3.46. The van der Waals surface area contributed by atoms with Gasteiger partial charge in [-0.15, -0.1) is 11.3 Å². The Morgan fingerprint density at radius 2 is 2.21 bits per heavy atom. The van der Waals surface area contributed by atoms with E-state index in [1.807, 2.05) is 19.2 Å². The second-order valence-corrected chi connectivity index (χ2v) is 8.07. The average Bonchev–Trinajstić information content (AvgIpc) is 3.14.